The minimum absolute atomic E-state index is 0.0234. The molecule has 112 valence electrons. The maximum absolute atomic E-state index is 12.5. The largest absolute Gasteiger partial charge is 0.377 e. The summed E-state index contributed by atoms with van der Waals surface area (Å²) < 4.78 is 31.9. The lowest BCUT2D eigenvalue weighted by Crippen LogP contribution is -2.34. The van der Waals surface area contributed by atoms with E-state index in [9.17, 15) is 8.42 Å². The molecule has 20 heavy (non-hydrogen) atoms. The fourth-order valence-electron chi connectivity index (χ4n) is 2.37. The molecule has 0 saturated carbocycles. The molecule has 6 heteroatoms. The molecule has 5 nitrogen and oxygen atoms in total. The van der Waals surface area contributed by atoms with Crippen molar-refractivity contribution in [1.29, 1.82) is 0 Å². The van der Waals surface area contributed by atoms with Crippen LogP contribution in [0.15, 0.2) is 29.2 Å². The molecule has 1 N–H and O–H groups in total. The van der Waals surface area contributed by atoms with Crippen LogP contribution in [0.3, 0.4) is 0 Å². The van der Waals surface area contributed by atoms with Gasteiger partial charge in [-0.25, -0.2) is 8.42 Å². The van der Waals surface area contributed by atoms with Crippen molar-refractivity contribution in [1.82, 2.24) is 9.62 Å². The zero-order chi connectivity index (χ0) is 14.6. The van der Waals surface area contributed by atoms with Gasteiger partial charge < -0.3 is 10.1 Å². The van der Waals surface area contributed by atoms with E-state index in [0.29, 0.717) is 18.0 Å². The van der Waals surface area contributed by atoms with Crippen LogP contribution in [0.1, 0.15) is 18.4 Å². The lowest BCUT2D eigenvalue weighted by molar-refractivity contribution is 0.0979. The maximum Gasteiger partial charge on any atom is 0.242 e. The molecule has 1 fully saturated rings. The first-order chi connectivity index (χ1) is 9.54. The first-order valence-electron chi connectivity index (χ1n) is 6.85. The number of rotatable bonds is 6. The smallest absolute Gasteiger partial charge is 0.242 e. The minimum atomic E-state index is -3.44. The van der Waals surface area contributed by atoms with E-state index in [2.05, 4.69) is 5.32 Å². The van der Waals surface area contributed by atoms with E-state index in [1.807, 2.05) is 13.1 Å². The first kappa shape index (κ1) is 15.4. The van der Waals surface area contributed by atoms with Gasteiger partial charge in [-0.05, 0) is 37.6 Å². The predicted octanol–water partition coefficient (Wildman–Crippen LogP) is 1.21. The Balaban J connectivity index is 2.13. The van der Waals surface area contributed by atoms with Gasteiger partial charge in [0.05, 0.1) is 11.0 Å². The summed E-state index contributed by atoms with van der Waals surface area (Å²) in [4.78, 5) is 0.339. The number of nitrogens with zero attached hydrogens (tertiary/aromatic N) is 1. The molecule has 1 saturated heterocycles. The second-order valence-electron chi connectivity index (χ2n) is 5.10. The SMILES string of the molecule is CNCc1cccc(S(=O)(=O)N(C)CC2CCCO2)c1. The highest BCUT2D eigenvalue weighted by molar-refractivity contribution is 7.89. The molecular weight excluding hydrogens is 276 g/mol. The highest BCUT2D eigenvalue weighted by Crippen LogP contribution is 2.19. The molecule has 1 atom stereocenters. The van der Waals surface area contributed by atoms with Crippen molar-refractivity contribution >= 4 is 10.0 Å². The summed E-state index contributed by atoms with van der Waals surface area (Å²) in [5, 5.41) is 3.02. The van der Waals surface area contributed by atoms with Crippen LogP contribution in [0.25, 0.3) is 0 Å². The van der Waals surface area contributed by atoms with E-state index in [0.717, 1.165) is 25.0 Å². The summed E-state index contributed by atoms with van der Waals surface area (Å²) in [7, 11) is 0.00917. The summed E-state index contributed by atoms with van der Waals surface area (Å²) in [6.45, 7) is 1.80. The number of hydrogen-bond donors (Lipinski definition) is 1. The van der Waals surface area contributed by atoms with Crippen molar-refractivity contribution in [3.05, 3.63) is 29.8 Å². The standard InChI is InChI=1S/C14H22N2O3S/c1-15-10-12-5-3-7-14(9-12)20(17,18)16(2)11-13-6-4-8-19-13/h3,5,7,9,13,15H,4,6,8,10-11H2,1-2H3. The van der Waals surface area contributed by atoms with Crippen molar-refractivity contribution in [2.45, 2.75) is 30.4 Å². The molecule has 0 amide bonds. The Hall–Kier alpha value is -0.950. The molecule has 0 aliphatic carbocycles. The first-order valence-corrected chi connectivity index (χ1v) is 8.29. The predicted molar refractivity (Wildman–Crippen MR) is 78.0 cm³/mol. The number of benzene rings is 1. The molecule has 1 heterocycles. The summed E-state index contributed by atoms with van der Waals surface area (Å²) in [6, 6.07) is 7.05. The van der Waals surface area contributed by atoms with Crippen molar-refractivity contribution in [3.8, 4) is 0 Å². The molecule has 1 aliphatic rings. The van der Waals surface area contributed by atoms with Gasteiger partial charge in [0.25, 0.3) is 0 Å². The highest BCUT2D eigenvalue weighted by atomic mass is 32.2. The molecule has 0 aromatic heterocycles. The zero-order valence-corrected chi connectivity index (χ0v) is 12.8. The zero-order valence-electron chi connectivity index (χ0n) is 12.0. The number of hydrogen-bond acceptors (Lipinski definition) is 4. The van der Waals surface area contributed by atoms with Gasteiger partial charge in [-0.2, -0.15) is 4.31 Å². The van der Waals surface area contributed by atoms with E-state index in [-0.39, 0.29) is 6.10 Å². The monoisotopic (exact) mass is 298 g/mol. The van der Waals surface area contributed by atoms with E-state index < -0.39 is 10.0 Å². The van der Waals surface area contributed by atoms with E-state index in [4.69, 9.17) is 4.74 Å². The van der Waals surface area contributed by atoms with Gasteiger partial charge in [0.1, 0.15) is 0 Å². The van der Waals surface area contributed by atoms with Gasteiger partial charge in [-0.3, -0.25) is 0 Å². The summed E-state index contributed by atoms with van der Waals surface area (Å²) in [6.07, 6.45) is 1.96. The summed E-state index contributed by atoms with van der Waals surface area (Å²) in [5.74, 6) is 0. The van der Waals surface area contributed by atoms with Gasteiger partial charge in [-0.15, -0.1) is 0 Å². The van der Waals surface area contributed by atoms with Crippen LogP contribution < -0.4 is 5.32 Å². The topological polar surface area (TPSA) is 58.6 Å². The van der Waals surface area contributed by atoms with Gasteiger partial charge in [0.2, 0.25) is 10.0 Å². The van der Waals surface area contributed by atoms with Crippen LogP contribution >= 0.6 is 0 Å². The third-order valence-corrected chi connectivity index (χ3v) is 5.29. The second-order valence-corrected chi connectivity index (χ2v) is 7.14. The van der Waals surface area contributed by atoms with E-state index in [1.165, 1.54) is 4.31 Å². The van der Waals surface area contributed by atoms with Crippen LogP contribution in [-0.4, -0.2) is 46.1 Å². The van der Waals surface area contributed by atoms with Gasteiger partial charge in [0.15, 0.2) is 0 Å². The van der Waals surface area contributed by atoms with Gasteiger partial charge in [0, 0.05) is 26.7 Å². The minimum Gasteiger partial charge on any atom is -0.377 e. The quantitative estimate of drug-likeness (QED) is 0.857. The van der Waals surface area contributed by atoms with Crippen LogP contribution in [0.4, 0.5) is 0 Å². The molecular formula is C14H22N2O3S. The Morgan fingerprint density at radius 3 is 2.90 bits per heavy atom. The van der Waals surface area contributed by atoms with Crippen molar-refractivity contribution in [2.24, 2.45) is 0 Å². The Kier molecular flexibility index (Phi) is 5.15. The molecule has 1 unspecified atom stereocenters. The number of likely N-dealkylation sites (N-methyl/N-ethyl adjacent to an activating group) is 1. The molecule has 1 aromatic carbocycles. The van der Waals surface area contributed by atoms with Crippen LogP contribution in [-0.2, 0) is 21.3 Å². The fourth-order valence-corrected chi connectivity index (χ4v) is 3.65. The molecule has 2 rings (SSSR count). The maximum atomic E-state index is 12.5. The van der Waals surface area contributed by atoms with Gasteiger partial charge >= 0.3 is 0 Å². The molecule has 0 spiro atoms. The Labute approximate surface area is 121 Å². The normalized spacial score (nSPS) is 19.6. The van der Waals surface area contributed by atoms with Crippen molar-refractivity contribution in [3.63, 3.8) is 0 Å². The van der Waals surface area contributed by atoms with Crippen molar-refractivity contribution < 1.29 is 13.2 Å². The molecule has 1 aliphatic heterocycles. The molecule has 1 aromatic rings. The molecule has 0 bridgehead atoms. The molecule has 0 radical (unpaired) electrons. The second kappa shape index (κ2) is 6.67. The van der Waals surface area contributed by atoms with Crippen molar-refractivity contribution in [2.75, 3.05) is 27.2 Å². The number of nitrogens with one attached hydrogen (secondary N) is 1. The van der Waals surface area contributed by atoms with Crippen LogP contribution in [0, 0.1) is 0 Å². The van der Waals surface area contributed by atoms with E-state index >= 15 is 0 Å². The lowest BCUT2D eigenvalue weighted by Gasteiger charge is -2.20. The number of sulfonamides is 1. The average molecular weight is 298 g/mol. The Morgan fingerprint density at radius 1 is 1.45 bits per heavy atom. The number of ether oxygens (including phenoxy) is 1. The summed E-state index contributed by atoms with van der Waals surface area (Å²) in [5.41, 5.74) is 0.957. The summed E-state index contributed by atoms with van der Waals surface area (Å²) >= 11 is 0. The Morgan fingerprint density at radius 2 is 2.25 bits per heavy atom. The third kappa shape index (κ3) is 3.58. The lowest BCUT2D eigenvalue weighted by atomic mass is 10.2. The van der Waals surface area contributed by atoms with Gasteiger partial charge in [-0.1, -0.05) is 12.1 Å². The third-order valence-electron chi connectivity index (χ3n) is 3.47. The fraction of sp³-hybridized carbons (Fsp3) is 0.571. The Bertz CT molecular complexity index is 539. The van der Waals surface area contributed by atoms with Crippen LogP contribution in [0.2, 0.25) is 0 Å². The average Bonchev–Trinajstić information content (AvgIpc) is 2.92. The van der Waals surface area contributed by atoms with E-state index in [1.54, 1.807) is 25.2 Å². The van der Waals surface area contributed by atoms with Crippen LogP contribution in [0.5, 0.6) is 0 Å². The highest BCUT2D eigenvalue weighted by Gasteiger charge is 2.26.